The zero-order valence-corrected chi connectivity index (χ0v) is 14.5. The van der Waals surface area contributed by atoms with Gasteiger partial charge in [0.1, 0.15) is 6.10 Å². The molecule has 134 valence electrons. The van der Waals surface area contributed by atoms with Crippen molar-refractivity contribution in [2.24, 2.45) is 0 Å². The van der Waals surface area contributed by atoms with E-state index in [1.54, 1.807) is 0 Å². The molecule has 1 fully saturated rings. The van der Waals surface area contributed by atoms with Crippen LogP contribution in [-0.2, 0) is 22.1 Å². The van der Waals surface area contributed by atoms with Crippen molar-refractivity contribution in [3.63, 3.8) is 0 Å². The summed E-state index contributed by atoms with van der Waals surface area (Å²) in [7, 11) is 0. The van der Waals surface area contributed by atoms with Crippen LogP contribution in [0.4, 0.5) is 18.3 Å². The summed E-state index contributed by atoms with van der Waals surface area (Å²) in [6.45, 7) is 0.565. The quantitative estimate of drug-likeness (QED) is 0.834. The van der Waals surface area contributed by atoms with Crippen LogP contribution >= 0.6 is 22.9 Å². The lowest BCUT2D eigenvalue weighted by Gasteiger charge is -2.10. The molecule has 0 aliphatic carbocycles. The van der Waals surface area contributed by atoms with Crippen molar-refractivity contribution >= 4 is 34.0 Å². The smallest absolute Gasteiger partial charge is 0.368 e. The lowest BCUT2D eigenvalue weighted by atomic mass is 10.1. The molecular formula is C16H14ClF3N2O2S. The molecule has 2 aromatic rings. The first kappa shape index (κ1) is 18.2. The summed E-state index contributed by atoms with van der Waals surface area (Å²) in [5.74, 6) is -0.254. The number of benzene rings is 1. The summed E-state index contributed by atoms with van der Waals surface area (Å²) < 4.78 is 43.8. The Kier molecular flexibility index (Phi) is 5.31. The van der Waals surface area contributed by atoms with E-state index in [2.05, 4.69) is 10.3 Å². The van der Waals surface area contributed by atoms with Gasteiger partial charge in [0.25, 0.3) is 5.91 Å². The van der Waals surface area contributed by atoms with Crippen molar-refractivity contribution in [1.82, 2.24) is 4.98 Å². The van der Waals surface area contributed by atoms with Crippen molar-refractivity contribution in [2.45, 2.75) is 31.5 Å². The Bertz CT molecular complexity index is 773. The molecule has 1 aliphatic heterocycles. The van der Waals surface area contributed by atoms with E-state index in [4.69, 9.17) is 16.3 Å². The number of carbonyl (C=O) groups is 1. The van der Waals surface area contributed by atoms with Crippen LogP contribution in [0.3, 0.4) is 0 Å². The third-order valence-corrected chi connectivity index (χ3v) is 5.03. The Labute approximate surface area is 151 Å². The number of alkyl halides is 3. The second-order valence-electron chi connectivity index (χ2n) is 5.60. The molecule has 1 amide bonds. The van der Waals surface area contributed by atoms with E-state index in [1.807, 2.05) is 0 Å². The molecule has 0 saturated carbocycles. The average molecular weight is 391 g/mol. The molecule has 0 bridgehead atoms. The monoisotopic (exact) mass is 390 g/mol. The van der Waals surface area contributed by atoms with E-state index < -0.39 is 17.8 Å². The Morgan fingerprint density at radius 3 is 2.92 bits per heavy atom. The van der Waals surface area contributed by atoms with E-state index in [1.165, 1.54) is 23.6 Å². The zero-order valence-electron chi connectivity index (χ0n) is 12.9. The van der Waals surface area contributed by atoms with Gasteiger partial charge in [0.05, 0.1) is 5.56 Å². The molecule has 1 atom stereocenters. The Balaban J connectivity index is 1.70. The van der Waals surface area contributed by atoms with Gasteiger partial charge in [-0.15, -0.1) is 11.3 Å². The van der Waals surface area contributed by atoms with Gasteiger partial charge in [0.2, 0.25) is 0 Å². The van der Waals surface area contributed by atoms with E-state index >= 15 is 0 Å². The normalized spacial score (nSPS) is 17.7. The maximum absolute atomic E-state index is 12.8. The number of hydrogen-bond donors (Lipinski definition) is 1. The fraction of sp³-hybridized carbons (Fsp3) is 0.375. The van der Waals surface area contributed by atoms with Crippen LogP contribution in [0.15, 0.2) is 24.4 Å². The molecule has 2 heterocycles. The fourth-order valence-electron chi connectivity index (χ4n) is 2.49. The molecule has 3 rings (SSSR count). The lowest BCUT2D eigenvalue weighted by molar-refractivity contribution is -0.137. The Hall–Kier alpha value is -1.64. The topological polar surface area (TPSA) is 51.2 Å². The highest BCUT2D eigenvalue weighted by atomic mass is 35.5. The minimum Gasteiger partial charge on any atom is -0.368 e. The molecule has 4 nitrogen and oxygen atoms in total. The number of aromatic nitrogens is 1. The van der Waals surface area contributed by atoms with Crippen LogP contribution in [0.5, 0.6) is 0 Å². The zero-order chi connectivity index (χ0) is 18.0. The first-order chi connectivity index (χ1) is 11.8. The minimum atomic E-state index is -4.42. The number of amides is 1. The van der Waals surface area contributed by atoms with Gasteiger partial charge in [0, 0.05) is 29.1 Å². The Morgan fingerprint density at radius 2 is 2.24 bits per heavy atom. The fourth-order valence-corrected chi connectivity index (χ4v) is 3.51. The predicted molar refractivity (Wildman–Crippen MR) is 89.0 cm³/mol. The molecular weight excluding hydrogens is 377 g/mol. The second kappa shape index (κ2) is 7.31. The number of rotatable bonds is 4. The lowest BCUT2D eigenvalue weighted by Crippen LogP contribution is -2.26. The van der Waals surface area contributed by atoms with Gasteiger partial charge < -0.3 is 4.74 Å². The van der Waals surface area contributed by atoms with Gasteiger partial charge >= 0.3 is 6.18 Å². The molecule has 0 spiro atoms. The van der Waals surface area contributed by atoms with Crippen LogP contribution in [0.25, 0.3) is 0 Å². The highest BCUT2D eigenvalue weighted by molar-refractivity contribution is 7.15. The number of nitrogens with one attached hydrogen (secondary N) is 1. The van der Waals surface area contributed by atoms with Crippen LogP contribution in [0.2, 0.25) is 5.02 Å². The van der Waals surface area contributed by atoms with Crippen LogP contribution in [-0.4, -0.2) is 23.6 Å². The van der Waals surface area contributed by atoms with Gasteiger partial charge in [0.15, 0.2) is 5.13 Å². The molecule has 1 N–H and O–H groups in total. The van der Waals surface area contributed by atoms with Crippen LogP contribution < -0.4 is 5.32 Å². The van der Waals surface area contributed by atoms with Crippen molar-refractivity contribution in [2.75, 3.05) is 11.9 Å². The standard InChI is InChI=1S/C16H14ClF3N2O2S/c17-12-4-3-10(16(18,19)20)6-9(12)7-11-8-21-15(25-11)22-14(23)13-2-1-5-24-13/h3-4,6,8,13H,1-2,5,7H2,(H,21,22,23). The van der Waals surface area contributed by atoms with Crippen molar-refractivity contribution < 1.29 is 22.7 Å². The van der Waals surface area contributed by atoms with E-state index in [-0.39, 0.29) is 17.4 Å². The summed E-state index contributed by atoms with van der Waals surface area (Å²) in [5.41, 5.74) is -0.388. The molecule has 1 aromatic heterocycles. The molecule has 0 radical (unpaired) electrons. The van der Waals surface area contributed by atoms with Gasteiger partial charge in [-0.2, -0.15) is 13.2 Å². The van der Waals surface area contributed by atoms with Crippen molar-refractivity contribution in [3.8, 4) is 0 Å². The SMILES string of the molecule is O=C(Nc1ncc(Cc2cc(C(F)(F)F)ccc2Cl)s1)C1CCCO1. The highest BCUT2D eigenvalue weighted by Gasteiger charge is 2.31. The maximum Gasteiger partial charge on any atom is 0.416 e. The third-order valence-electron chi connectivity index (χ3n) is 3.74. The third kappa shape index (κ3) is 4.50. The Morgan fingerprint density at radius 1 is 1.44 bits per heavy atom. The second-order valence-corrected chi connectivity index (χ2v) is 7.13. The van der Waals surface area contributed by atoms with Crippen LogP contribution in [0, 0.1) is 0 Å². The van der Waals surface area contributed by atoms with E-state index in [0.717, 1.165) is 18.6 Å². The summed E-state index contributed by atoms with van der Waals surface area (Å²) in [4.78, 5) is 16.8. The number of ether oxygens (including phenoxy) is 1. The maximum atomic E-state index is 12.8. The van der Waals surface area contributed by atoms with E-state index in [9.17, 15) is 18.0 Å². The number of carbonyl (C=O) groups excluding carboxylic acids is 1. The molecule has 1 saturated heterocycles. The number of thiazole rings is 1. The summed E-state index contributed by atoms with van der Waals surface area (Å²) in [6, 6.07) is 3.22. The number of nitrogens with zero attached hydrogens (tertiary/aromatic N) is 1. The van der Waals surface area contributed by atoms with E-state index in [0.29, 0.717) is 28.6 Å². The van der Waals surface area contributed by atoms with Gasteiger partial charge in [-0.1, -0.05) is 11.6 Å². The first-order valence-electron chi connectivity index (χ1n) is 7.56. The number of anilines is 1. The molecule has 1 unspecified atom stereocenters. The molecule has 1 aromatic carbocycles. The van der Waals surface area contributed by atoms with Crippen LogP contribution in [0.1, 0.15) is 28.8 Å². The largest absolute Gasteiger partial charge is 0.416 e. The number of hydrogen-bond acceptors (Lipinski definition) is 4. The van der Waals surface area contributed by atoms with Crippen molar-refractivity contribution in [3.05, 3.63) is 45.4 Å². The van der Waals surface area contributed by atoms with Gasteiger partial charge in [-0.25, -0.2) is 4.98 Å². The summed E-state index contributed by atoms with van der Waals surface area (Å²) in [5, 5.41) is 3.31. The van der Waals surface area contributed by atoms with Crippen molar-refractivity contribution in [1.29, 1.82) is 0 Å². The molecule has 1 aliphatic rings. The van der Waals surface area contributed by atoms with Gasteiger partial charge in [-0.05, 0) is 36.6 Å². The first-order valence-corrected chi connectivity index (χ1v) is 8.75. The molecule has 25 heavy (non-hydrogen) atoms. The summed E-state index contributed by atoms with van der Waals surface area (Å²) in [6.07, 6.45) is -1.65. The average Bonchev–Trinajstić information content (AvgIpc) is 3.20. The predicted octanol–water partition coefficient (Wildman–Crippen LogP) is 4.52. The van der Waals surface area contributed by atoms with Gasteiger partial charge in [-0.3, -0.25) is 10.1 Å². The number of halogens is 4. The highest BCUT2D eigenvalue weighted by Crippen LogP contribution is 2.33. The summed E-state index contributed by atoms with van der Waals surface area (Å²) >= 11 is 7.20. The minimum absolute atomic E-state index is 0.205. The molecule has 9 heteroatoms.